The maximum absolute atomic E-state index is 12.5. The third-order valence-corrected chi connectivity index (χ3v) is 3.23. The summed E-state index contributed by atoms with van der Waals surface area (Å²) < 4.78 is 0. The van der Waals surface area contributed by atoms with E-state index in [4.69, 9.17) is 0 Å². The second kappa shape index (κ2) is 8.14. The van der Waals surface area contributed by atoms with Crippen molar-refractivity contribution in [3.63, 3.8) is 0 Å². The van der Waals surface area contributed by atoms with Crippen molar-refractivity contribution in [1.29, 1.82) is 0 Å². The molecule has 1 aromatic carbocycles. The Morgan fingerprint density at radius 2 is 1.86 bits per heavy atom. The van der Waals surface area contributed by atoms with Crippen LogP contribution < -0.4 is 5.32 Å². The number of anilines is 1. The van der Waals surface area contributed by atoms with Gasteiger partial charge in [0.1, 0.15) is 0 Å². The third-order valence-electron chi connectivity index (χ3n) is 3.23. The Morgan fingerprint density at radius 3 is 2.50 bits per heavy atom. The normalized spacial score (nSPS) is 10.5. The average Bonchev–Trinajstić information content (AvgIpc) is 2.53. The molecule has 0 radical (unpaired) electrons. The number of nitrogens with zero attached hydrogens (tertiary/aromatic N) is 3. The molecule has 1 N–H and O–H groups in total. The van der Waals surface area contributed by atoms with Gasteiger partial charge < -0.3 is 15.1 Å². The number of nitrogens with one attached hydrogen (secondary N) is 1. The highest BCUT2D eigenvalue weighted by Gasteiger charge is 2.14. The van der Waals surface area contributed by atoms with Crippen LogP contribution in [0.2, 0.25) is 0 Å². The zero-order chi connectivity index (χ0) is 15.8. The van der Waals surface area contributed by atoms with E-state index >= 15 is 0 Å². The Kier molecular flexibility index (Phi) is 5.91. The molecule has 0 aliphatic heterocycles. The molecule has 5 nitrogen and oxygen atoms in total. The highest BCUT2D eigenvalue weighted by molar-refractivity contribution is 5.89. The van der Waals surface area contributed by atoms with Crippen LogP contribution in [-0.4, -0.2) is 48.0 Å². The Labute approximate surface area is 131 Å². The summed E-state index contributed by atoms with van der Waals surface area (Å²) in [6.45, 7) is 2.00. The van der Waals surface area contributed by atoms with E-state index in [9.17, 15) is 4.79 Å². The quantitative estimate of drug-likeness (QED) is 0.892. The summed E-state index contributed by atoms with van der Waals surface area (Å²) >= 11 is 0. The summed E-state index contributed by atoms with van der Waals surface area (Å²) in [5, 5.41) is 2.93. The summed E-state index contributed by atoms with van der Waals surface area (Å²) in [7, 11) is 3.99. The molecule has 0 saturated carbocycles. The maximum Gasteiger partial charge on any atom is 0.322 e. The van der Waals surface area contributed by atoms with Crippen LogP contribution in [0.15, 0.2) is 54.9 Å². The minimum absolute atomic E-state index is 0.100. The van der Waals surface area contributed by atoms with E-state index in [-0.39, 0.29) is 6.03 Å². The molecular weight excluding hydrogens is 276 g/mol. The number of para-hydroxylation sites is 1. The van der Waals surface area contributed by atoms with Crippen LogP contribution in [0.3, 0.4) is 0 Å². The van der Waals surface area contributed by atoms with E-state index in [0.717, 1.165) is 17.8 Å². The molecule has 1 aromatic heterocycles. The van der Waals surface area contributed by atoms with Crippen LogP contribution in [0, 0.1) is 0 Å². The first-order valence-corrected chi connectivity index (χ1v) is 7.30. The summed E-state index contributed by atoms with van der Waals surface area (Å²) in [6.07, 6.45) is 3.52. The summed E-state index contributed by atoms with van der Waals surface area (Å²) in [5.74, 6) is 0. The molecule has 0 aliphatic carbocycles. The molecule has 0 unspecified atom stereocenters. The molecule has 2 rings (SSSR count). The van der Waals surface area contributed by atoms with E-state index in [1.807, 2.05) is 56.6 Å². The van der Waals surface area contributed by atoms with Gasteiger partial charge in [0.05, 0.1) is 0 Å². The van der Waals surface area contributed by atoms with Gasteiger partial charge in [0.2, 0.25) is 0 Å². The largest absolute Gasteiger partial charge is 0.322 e. The van der Waals surface area contributed by atoms with Gasteiger partial charge in [-0.25, -0.2) is 4.79 Å². The van der Waals surface area contributed by atoms with Crippen molar-refractivity contribution in [1.82, 2.24) is 14.8 Å². The lowest BCUT2D eigenvalue weighted by atomic mass is 10.2. The number of pyridine rings is 1. The maximum atomic E-state index is 12.5. The van der Waals surface area contributed by atoms with Crippen LogP contribution in [-0.2, 0) is 6.54 Å². The van der Waals surface area contributed by atoms with Crippen molar-refractivity contribution in [2.45, 2.75) is 6.54 Å². The zero-order valence-electron chi connectivity index (χ0n) is 13.1. The first kappa shape index (κ1) is 16.0. The van der Waals surface area contributed by atoms with Crippen LogP contribution in [0.5, 0.6) is 0 Å². The molecular formula is C17H22N4O. The Bertz CT molecular complexity index is 572. The number of aromatic nitrogens is 1. The minimum Gasteiger partial charge on any atom is -0.319 e. The van der Waals surface area contributed by atoms with E-state index in [1.165, 1.54) is 0 Å². The van der Waals surface area contributed by atoms with Crippen molar-refractivity contribution >= 4 is 11.7 Å². The van der Waals surface area contributed by atoms with Gasteiger partial charge in [-0.2, -0.15) is 0 Å². The number of amides is 2. The summed E-state index contributed by atoms with van der Waals surface area (Å²) in [6, 6.07) is 13.3. The summed E-state index contributed by atoms with van der Waals surface area (Å²) in [4.78, 5) is 20.5. The fraction of sp³-hybridized carbons (Fsp3) is 0.294. The number of hydrogen-bond acceptors (Lipinski definition) is 3. The molecule has 0 atom stereocenters. The highest BCUT2D eigenvalue weighted by atomic mass is 16.2. The summed E-state index contributed by atoms with van der Waals surface area (Å²) in [5.41, 5.74) is 1.82. The van der Waals surface area contributed by atoms with E-state index in [1.54, 1.807) is 17.3 Å². The van der Waals surface area contributed by atoms with Crippen LogP contribution in [0.25, 0.3) is 0 Å². The topological polar surface area (TPSA) is 48.5 Å². The predicted molar refractivity (Wildman–Crippen MR) is 88.7 cm³/mol. The molecule has 0 aliphatic rings. The lowest BCUT2D eigenvalue weighted by molar-refractivity contribution is 0.202. The first-order valence-electron chi connectivity index (χ1n) is 7.30. The SMILES string of the molecule is CN(C)CCN(Cc1cccnc1)C(=O)Nc1ccccc1. The molecule has 5 heteroatoms. The molecule has 2 aromatic rings. The van der Waals surface area contributed by atoms with Crippen LogP contribution in [0.4, 0.5) is 10.5 Å². The zero-order valence-corrected chi connectivity index (χ0v) is 13.1. The van der Waals surface area contributed by atoms with E-state index in [0.29, 0.717) is 13.1 Å². The molecule has 0 spiro atoms. The van der Waals surface area contributed by atoms with Gasteiger partial charge in [-0.15, -0.1) is 0 Å². The molecule has 0 fully saturated rings. The van der Waals surface area contributed by atoms with E-state index < -0.39 is 0 Å². The number of hydrogen-bond donors (Lipinski definition) is 1. The Balaban J connectivity index is 2.04. The molecule has 0 saturated heterocycles. The van der Waals surface area contributed by atoms with Gasteiger partial charge in [-0.1, -0.05) is 24.3 Å². The van der Waals surface area contributed by atoms with Gasteiger partial charge in [0.15, 0.2) is 0 Å². The van der Waals surface area contributed by atoms with Crippen molar-refractivity contribution in [3.05, 3.63) is 60.4 Å². The molecule has 22 heavy (non-hydrogen) atoms. The minimum atomic E-state index is -0.100. The predicted octanol–water partition coefficient (Wildman–Crippen LogP) is 2.68. The lowest BCUT2D eigenvalue weighted by Crippen LogP contribution is -2.39. The van der Waals surface area contributed by atoms with Gasteiger partial charge in [-0.05, 0) is 37.9 Å². The molecule has 116 valence electrons. The molecule has 2 amide bonds. The van der Waals surface area contributed by atoms with E-state index in [2.05, 4.69) is 15.2 Å². The number of carbonyl (C=O) groups excluding carboxylic acids is 1. The number of rotatable bonds is 6. The van der Waals surface area contributed by atoms with Gasteiger partial charge in [0, 0.05) is 37.7 Å². The Morgan fingerprint density at radius 1 is 1.09 bits per heavy atom. The highest BCUT2D eigenvalue weighted by Crippen LogP contribution is 2.09. The number of carbonyl (C=O) groups is 1. The number of urea groups is 1. The molecule has 0 bridgehead atoms. The van der Waals surface area contributed by atoms with Crippen LogP contribution >= 0.6 is 0 Å². The Hall–Kier alpha value is -2.40. The van der Waals surface area contributed by atoms with Gasteiger partial charge >= 0.3 is 6.03 Å². The van der Waals surface area contributed by atoms with Gasteiger partial charge in [0.25, 0.3) is 0 Å². The third kappa shape index (κ3) is 5.18. The smallest absolute Gasteiger partial charge is 0.319 e. The van der Waals surface area contributed by atoms with Crippen molar-refractivity contribution in [3.8, 4) is 0 Å². The fourth-order valence-electron chi connectivity index (χ4n) is 2.01. The lowest BCUT2D eigenvalue weighted by Gasteiger charge is -2.24. The number of benzene rings is 1. The fourth-order valence-corrected chi connectivity index (χ4v) is 2.01. The standard InChI is InChI=1S/C17H22N4O/c1-20(2)11-12-21(14-15-7-6-10-18-13-15)17(22)19-16-8-4-3-5-9-16/h3-10,13H,11-12,14H2,1-2H3,(H,19,22). The monoisotopic (exact) mass is 298 g/mol. The second-order valence-electron chi connectivity index (χ2n) is 5.38. The van der Waals surface area contributed by atoms with Gasteiger partial charge in [-0.3, -0.25) is 4.98 Å². The first-order chi connectivity index (χ1) is 10.6. The van der Waals surface area contributed by atoms with Crippen molar-refractivity contribution in [2.24, 2.45) is 0 Å². The average molecular weight is 298 g/mol. The van der Waals surface area contributed by atoms with Crippen molar-refractivity contribution < 1.29 is 4.79 Å². The number of likely N-dealkylation sites (N-methyl/N-ethyl adjacent to an activating group) is 1. The van der Waals surface area contributed by atoms with Crippen LogP contribution in [0.1, 0.15) is 5.56 Å². The second-order valence-corrected chi connectivity index (χ2v) is 5.38. The molecule has 1 heterocycles. The van der Waals surface area contributed by atoms with Crippen molar-refractivity contribution in [2.75, 3.05) is 32.5 Å².